The van der Waals surface area contributed by atoms with E-state index in [1.165, 1.54) is 0 Å². The lowest BCUT2D eigenvalue weighted by Crippen LogP contribution is -2.21. The molecule has 2 rings (SSSR count). The minimum absolute atomic E-state index is 0.0804. The molecule has 0 unspecified atom stereocenters. The number of nitrogens with one attached hydrogen (secondary N) is 2. The zero-order valence-corrected chi connectivity index (χ0v) is 15.0. The van der Waals surface area contributed by atoms with Crippen molar-refractivity contribution in [2.75, 3.05) is 12.4 Å². The number of amides is 2. The minimum atomic E-state index is -0.228. The van der Waals surface area contributed by atoms with Crippen molar-refractivity contribution in [1.82, 2.24) is 5.43 Å². The zero-order valence-electron chi connectivity index (χ0n) is 15.0. The normalized spacial score (nSPS) is 10.9. The third kappa shape index (κ3) is 6.39. The summed E-state index contributed by atoms with van der Waals surface area (Å²) in [6.45, 7) is 1.69. The molecule has 2 aromatic carbocycles. The fourth-order valence-electron chi connectivity index (χ4n) is 2.33. The maximum atomic E-state index is 12.1. The van der Waals surface area contributed by atoms with E-state index in [1.807, 2.05) is 42.5 Å². The molecule has 2 N–H and O–H groups in total. The number of nitrogens with zero attached hydrogens (tertiary/aromatic N) is 1. The molecule has 0 saturated carbocycles. The van der Waals surface area contributed by atoms with Crippen molar-refractivity contribution in [3.8, 4) is 5.75 Å². The fraction of sp³-hybridized carbons (Fsp3) is 0.250. The predicted molar refractivity (Wildman–Crippen MR) is 102 cm³/mol. The van der Waals surface area contributed by atoms with E-state index in [-0.39, 0.29) is 18.2 Å². The molecular formula is C20H23N3O3. The highest BCUT2D eigenvalue weighted by molar-refractivity contribution is 6.06. The van der Waals surface area contributed by atoms with Gasteiger partial charge in [-0.3, -0.25) is 9.59 Å². The number of methoxy groups -OCH3 is 1. The molecule has 6 nitrogen and oxygen atoms in total. The van der Waals surface area contributed by atoms with E-state index in [1.54, 1.807) is 26.2 Å². The Balaban J connectivity index is 1.78. The van der Waals surface area contributed by atoms with Crippen molar-refractivity contribution in [3.05, 3.63) is 60.2 Å². The standard InChI is InChI=1S/C20H23N3O3/c1-15(14-20(25)21-17-10-6-7-11-18(17)26-2)22-23-19(24)13-12-16-8-4-3-5-9-16/h3-11H,12-14H2,1-2H3,(H,21,25)(H,23,24)/b22-15+. The molecule has 0 aliphatic rings. The topological polar surface area (TPSA) is 79.8 Å². The monoisotopic (exact) mass is 353 g/mol. The average Bonchev–Trinajstić information content (AvgIpc) is 2.66. The number of hydrazone groups is 1. The van der Waals surface area contributed by atoms with Crippen LogP contribution in [0.1, 0.15) is 25.3 Å². The molecule has 26 heavy (non-hydrogen) atoms. The lowest BCUT2D eigenvalue weighted by Gasteiger charge is -2.09. The number of aryl methyl sites for hydroxylation is 1. The maximum Gasteiger partial charge on any atom is 0.240 e. The highest BCUT2D eigenvalue weighted by Crippen LogP contribution is 2.23. The number of ether oxygens (including phenoxy) is 1. The van der Waals surface area contributed by atoms with Gasteiger partial charge in [-0.15, -0.1) is 0 Å². The largest absolute Gasteiger partial charge is 0.495 e. The molecule has 0 radical (unpaired) electrons. The number of carbonyl (C=O) groups excluding carboxylic acids is 2. The third-order valence-corrected chi connectivity index (χ3v) is 3.65. The quantitative estimate of drug-likeness (QED) is 0.565. The first-order chi connectivity index (χ1) is 12.6. The number of para-hydroxylation sites is 2. The molecule has 0 aromatic heterocycles. The van der Waals surface area contributed by atoms with Crippen molar-refractivity contribution in [3.63, 3.8) is 0 Å². The van der Waals surface area contributed by atoms with E-state index < -0.39 is 0 Å². The van der Waals surface area contributed by atoms with Crippen LogP contribution in [0.5, 0.6) is 5.75 Å². The summed E-state index contributed by atoms with van der Waals surface area (Å²) in [7, 11) is 1.54. The second-order valence-corrected chi connectivity index (χ2v) is 5.79. The Morgan fingerprint density at radius 1 is 1.00 bits per heavy atom. The summed E-state index contributed by atoms with van der Waals surface area (Å²) in [6, 6.07) is 16.9. The van der Waals surface area contributed by atoms with Crippen LogP contribution in [0.4, 0.5) is 5.69 Å². The predicted octanol–water partition coefficient (Wildman–Crippen LogP) is 3.15. The van der Waals surface area contributed by atoms with Crippen LogP contribution in [-0.4, -0.2) is 24.6 Å². The highest BCUT2D eigenvalue weighted by Gasteiger charge is 2.08. The van der Waals surface area contributed by atoms with Gasteiger partial charge in [0.05, 0.1) is 19.2 Å². The SMILES string of the molecule is COc1ccccc1NC(=O)C/C(C)=N/NC(=O)CCc1ccccc1. The fourth-order valence-corrected chi connectivity index (χ4v) is 2.33. The first-order valence-electron chi connectivity index (χ1n) is 8.37. The van der Waals surface area contributed by atoms with Crippen LogP contribution >= 0.6 is 0 Å². The number of hydrogen-bond acceptors (Lipinski definition) is 4. The minimum Gasteiger partial charge on any atom is -0.495 e. The lowest BCUT2D eigenvalue weighted by molar-refractivity contribution is -0.121. The van der Waals surface area contributed by atoms with E-state index in [2.05, 4.69) is 15.8 Å². The van der Waals surface area contributed by atoms with Crippen molar-refractivity contribution >= 4 is 23.2 Å². The van der Waals surface area contributed by atoms with Crippen LogP contribution in [0.25, 0.3) is 0 Å². The van der Waals surface area contributed by atoms with Gasteiger partial charge in [-0.1, -0.05) is 42.5 Å². The second kappa shape index (κ2) is 9.98. The van der Waals surface area contributed by atoms with Crippen LogP contribution in [-0.2, 0) is 16.0 Å². The van der Waals surface area contributed by atoms with E-state index in [0.29, 0.717) is 30.0 Å². The highest BCUT2D eigenvalue weighted by atomic mass is 16.5. The van der Waals surface area contributed by atoms with E-state index >= 15 is 0 Å². The number of benzene rings is 2. The van der Waals surface area contributed by atoms with Crippen LogP contribution in [0.3, 0.4) is 0 Å². The van der Waals surface area contributed by atoms with Gasteiger partial charge in [0.25, 0.3) is 0 Å². The molecule has 2 aromatic rings. The van der Waals surface area contributed by atoms with Crippen LogP contribution in [0.2, 0.25) is 0 Å². The summed E-state index contributed by atoms with van der Waals surface area (Å²) in [5.41, 5.74) is 4.70. The van der Waals surface area contributed by atoms with Gasteiger partial charge in [0.2, 0.25) is 11.8 Å². The molecule has 0 saturated heterocycles. The molecule has 0 fully saturated rings. The first kappa shape index (κ1) is 19.2. The Morgan fingerprint density at radius 2 is 1.69 bits per heavy atom. The van der Waals surface area contributed by atoms with E-state index in [4.69, 9.17) is 4.74 Å². The van der Waals surface area contributed by atoms with Gasteiger partial charge in [-0.25, -0.2) is 5.43 Å². The van der Waals surface area contributed by atoms with Gasteiger partial charge in [0.1, 0.15) is 5.75 Å². The summed E-state index contributed by atoms with van der Waals surface area (Å²) >= 11 is 0. The molecule has 136 valence electrons. The van der Waals surface area contributed by atoms with Crippen molar-refractivity contribution in [1.29, 1.82) is 0 Å². The van der Waals surface area contributed by atoms with Crippen molar-refractivity contribution in [2.24, 2.45) is 5.10 Å². The van der Waals surface area contributed by atoms with Crippen molar-refractivity contribution < 1.29 is 14.3 Å². The van der Waals surface area contributed by atoms with Crippen molar-refractivity contribution in [2.45, 2.75) is 26.2 Å². The maximum absolute atomic E-state index is 12.1. The molecule has 6 heteroatoms. The zero-order chi connectivity index (χ0) is 18.8. The lowest BCUT2D eigenvalue weighted by atomic mass is 10.1. The van der Waals surface area contributed by atoms with Gasteiger partial charge in [-0.05, 0) is 31.0 Å². The number of anilines is 1. The molecular weight excluding hydrogens is 330 g/mol. The summed E-state index contributed by atoms with van der Waals surface area (Å²) in [5, 5.41) is 6.75. The van der Waals surface area contributed by atoms with Gasteiger partial charge in [0, 0.05) is 12.1 Å². The van der Waals surface area contributed by atoms with E-state index in [0.717, 1.165) is 5.56 Å². The summed E-state index contributed by atoms with van der Waals surface area (Å²) in [6.07, 6.45) is 1.07. The van der Waals surface area contributed by atoms with Crippen LogP contribution < -0.4 is 15.5 Å². The number of hydrogen-bond donors (Lipinski definition) is 2. The second-order valence-electron chi connectivity index (χ2n) is 5.79. The van der Waals surface area contributed by atoms with Gasteiger partial charge in [-0.2, -0.15) is 5.10 Å². The molecule has 0 aliphatic heterocycles. The molecule has 0 heterocycles. The molecule has 0 bridgehead atoms. The summed E-state index contributed by atoms with van der Waals surface area (Å²) in [5.74, 6) is 0.178. The van der Waals surface area contributed by atoms with Gasteiger partial charge >= 0.3 is 0 Å². The Labute approximate surface area is 153 Å². The molecule has 0 aliphatic carbocycles. The molecule has 0 atom stereocenters. The Hall–Kier alpha value is -3.15. The number of rotatable bonds is 8. The van der Waals surface area contributed by atoms with E-state index in [9.17, 15) is 9.59 Å². The molecule has 2 amide bonds. The Kier molecular flexibility index (Phi) is 7.36. The third-order valence-electron chi connectivity index (χ3n) is 3.65. The Morgan fingerprint density at radius 3 is 2.42 bits per heavy atom. The van der Waals surface area contributed by atoms with Gasteiger partial charge in [0.15, 0.2) is 0 Å². The smallest absolute Gasteiger partial charge is 0.240 e. The van der Waals surface area contributed by atoms with Gasteiger partial charge < -0.3 is 10.1 Å². The molecule has 0 spiro atoms. The summed E-state index contributed by atoms with van der Waals surface area (Å²) < 4.78 is 5.19. The van der Waals surface area contributed by atoms with Crippen LogP contribution in [0, 0.1) is 0 Å². The van der Waals surface area contributed by atoms with Crippen LogP contribution in [0.15, 0.2) is 59.7 Å². The Bertz CT molecular complexity index is 773. The average molecular weight is 353 g/mol. The first-order valence-corrected chi connectivity index (χ1v) is 8.37. The summed E-state index contributed by atoms with van der Waals surface area (Å²) in [4.78, 5) is 23.9. The number of carbonyl (C=O) groups is 2.